The minimum atomic E-state index is -0.416. The molecule has 1 aliphatic heterocycles. The zero-order valence-electron chi connectivity index (χ0n) is 12.7. The van der Waals surface area contributed by atoms with Gasteiger partial charge in [-0.15, -0.1) is 0 Å². The molecule has 2 N–H and O–H groups in total. The Kier molecular flexibility index (Phi) is 3.83. The molecule has 110 valence electrons. The van der Waals surface area contributed by atoms with Crippen LogP contribution in [0.4, 0.5) is 4.79 Å². The fraction of sp³-hybridized carbons (Fsp3) is 0.933. The van der Waals surface area contributed by atoms with E-state index in [0.29, 0.717) is 11.8 Å². The molecular weight excluding hydrogens is 240 g/mol. The third-order valence-corrected chi connectivity index (χ3v) is 4.58. The maximum absolute atomic E-state index is 12.1. The van der Waals surface area contributed by atoms with Crippen molar-refractivity contribution in [1.82, 2.24) is 4.90 Å². The largest absolute Gasteiger partial charge is 0.444 e. The normalized spacial score (nSPS) is 30.7. The molecule has 1 amide bonds. The van der Waals surface area contributed by atoms with Gasteiger partial charge in [0.2, 0.25) is 0 Å². The van der Waals surface area contributed by atoms with Crippen molar-refractivity contribution in [2.75, 3.05) is 13.1 Å². The molecule has 0 aromatic carbocycles. The molecule has 0 aromatic rings. The third kappa shape index (κ3) is 3.22. The fourth-order valence-electron chi connectivity index (χ4n) is 3.45. The highest BCUT2D eigenvalue weighted by atomic mass is 16.6. The Balaban J connectivity index is 1.91. The van der Waals surface area contributed by atoms with E-state index in [0.717, 1.165) is 32.4 Å². The number of carbonyl (C=O) groups excluding carboxylic acids is 1. The number of hydrogen-bond acceptors (Lipinski definition) is 3. The molecule has 19 heavy (non-hydrogen) atoms. The standard InChI is InChI=1S/C15H28N2O2/c1-11-10-17(13(18)19-14(2,3)4)9-6-12(11)15(16)7-5-8-15/h11-12H,5-10,16H2,1-4H3. The summed E-state index contributed by atoms with van der Waals surface area (Å²) in [6.45, 7) is 9.49. The van der Waals surface area contributed by atoms with Crippen LogP contribution in [0.1, 0.15) is 53.4 Å². The lowest BCUT2D eigenvalue weighted by molar-refractivity contribution is -0.00397. The van der Waals surface area contributed by atoms with E-state index in [1.165, 1.54) is 6.42 Å². The number of ether oxygens (including phenoxy) is 1. The summed E-state index contributed by atoms with van der Waals surface area (Å²) in [5.41, 5.74) is 6.08. The number of likely N-dealkylation sites (tertiary alicyclic amines) is 1. The maximum Gasteiger partial charge on any atom is 0.410 e. The molecule has 2 fully saturated rings. The summed E-state index contributed by atoms with van der Waals surface area (Å²) in [6, 6.07) is 0. The number of piperidine rings is 1. The van der Waals surface area contributed by atoms with Gasteiger partial charge in [0.05, 0.1) is 0 Å². The van der Waals surface area contributed by atoms with Gasteiger partial charge in [-0.05, 0) is 58.3 Å². The predicted octanol–water partition coefficient (Wildman–Crippen LogP) is 2.76. The van der Waals surface area contributed by atoms with Crippen molar-refractivity contribution in [3.05, 3.63) is 0 Å². The minimum absolute atomic E-state index is 0.0411. The van der Waals surface area contributed by atoms with Gasteiger partial charge in [-0.25, -0.2) is 4.79 Å². The molecule has 4 heteroatoms. The molecule has 2 aliphatic rings. The highest BCUT2D eigenvalue weighted by molar-refractivity contribution is 5.68. The molecule has 0 radical (unpaired) electrons. The lowest BCUT2D eigenvalue weighted by Gasteiger charge is -2.50. The van der Waals surface area contributed by atoms with Crippen molar-refractivity contribution in [3.63, 3.8) is 0 Å². The molecule has 1 saturated heterocycles. The second-order valence-corrected chi connectivity index (χ2v) is 7.39. The Hall–Kier alpha value is -0.770. The van der Waals surface area contributed by atoms with Crippen LogP contribution >= 0.6 is 0 Å². The monoisotopic (exact) mass is 268 g/mol. The molecular formula is C15H28N2O2. The van der Waals surface area contributed by atoms with Gasteiger partial charge in [0.15, 0.2) is 0 Å². The molecule has 2 unspecified atom stereocenters. The molecule has 2 atom stereocenters. The van der Waals surface area contributed by atoms with Crippen LogP contribution in [-0.4, -0.2) is 35.2 Å². The number of carbonyl (C=O) groups is 1. The average Bonchev–Trinajstić information content (AvgIpc) is 2.23. The van der Waals surface area contributed by atoms with E-state index < -0.39 is 5.60 Å². The molecule has 0 spiro atoms. The Labute approximate surface area is 116 Å². The Morgan fingerprint density at radius 1 is 1.37 bits per heavy atom. The summed E-state index contributed by atoms with van der Waals surface area (Å²) in [5, 5.41) is 0. The molecule has 0 aromatic heterocycles. The number of nitrogens with two attached hydrogens (primary N) is 1. The number of nitrogens with zero attached hydrogens (tertiary/aromatic N) is 1. The van der Waals surface area contributed by atoms with E-state index in [1.54, 1.807) is 0 Å². The first-order valence-corrected chi connectivity index (χ1v) is 7.48. The van der Waals surface area contributed by atoms with Crippen molar-refractivity contribution < 1.29 is 9.53 Å². The van der Waals surface area contributed by atoms with E-state index in [1.807, 2.05) is 25.7 Å². The zero-order valence-corrected chi connectivity index (χ0v) is 12.7. The molecule has 1 saturated carbocycles. The van der Waals surface area contributed by atoms with E-state index in [2.05, 4.69) is 6.92 Å². The quantitative estimate of drug-likeness (QED) is 0.795. The Morgan fingerprint density at radius 3 is 2.42 bits per heavy atom. The molecule has 1 heterocycles. The van der Waals surface area contributed by atoms with Crippen LogP contribution < -0.4 is 5.73 Å². The van der Waals surface area contributed by atoms with Crippen LogP contribution in [0.15, 0.2) is 0 Å². The average molecular weight is 268 g/mol. The lowest BCUT2D eigenvalue weighted by atomic mass is 9.63. The van der Waals surface area contributed by atoms with Crippen LogP contribution in [0.3, 0.4) is 0 Å². The van der Waals surface area contributed by atoms with Crippen LogP contribution in [0.5, 0.6) is 0 Å². The minimum Gasteiger partial charge on any atom is -0.444 e. The lowest BCUT2D eigenvalue weighted by Crippen LogP contribution is -2.59. The van der Waals surface area contributed by atoms with E-state index in [-0.39, 0.29) is 11.6 Å². The van der Waals surface area contributed by atoms with Gasteiger partial charge in [-0.3, -0.25) is 0 Å². The van der Waals surface area contributed by atoms with Gasteiger partial charge in [0.25, 0.3) is 0 Å². The summed E-state index contributed by atoms with van der Waals surface area (Å²) < 4.78 is 5.44. The van der Waals surface area contributed by atoms with E-state index in [4.69, 9.17) is 10.5 Å². The molecule has 2 rings (SSSR count). The zero-order chi connectivity index (χ0) is 14.3. The van der Waals surface area contributed by atoms with Crippen molar-refractivity contribution in [3.8, 4) is 0 Å². The smallest absolute Gasteiger partial charge is 0.410 e. The van der Waals surface area contributed by atoms with Crippen molar-refractivity contribution >= 4 is 6.09 Å². The van der Waals surface area contributed by atoms with Crippen molar-refractivity contribution in [2.45, 2.75) is 64.5 Å². The van der Waals surface area contributed by atoms with Crippen molar-refractivity contribution in [2.24, 2.45) is 17.6 Å². The maximum atomic E-state index is 12.1. The Morgan fingerprint density at radius 2 is 2.00 bits per heavy atom. The highest BCUT2D eigenvalue weighted by Crippen LogP contribution is 2.43. The first-order valence-electron chi connectivity index (χ1n) is 7.48. The summed E-state index contributed by atoms with van der Waals surface area (Å²) in [7, 11) is 0. The van der Waals surface area contributed by atoms with Gasteiger partial charge in [-0.2, -0.15) is 0 Å². The third-order valence-electron chi connectivity index (χ3n) is 4.58. The highest BCUT2D eigenvalue weighted by Gasteiger charge is 2.45. The SMILES string of the molecule is CC1CN(C(=O)OC(C)(C)C)CCC1C1(N)CCC1. The second-order valence-electron chi connectivity index (χ2n) is 7.39. The first kappa shape index (κ1) is 14.6. The van der Waals surface area contributed by atoms with Gasteiger partial charge < -0.3 is 15.4 Å². The molecule has 1 aliphatic carbocycles. The van der Waals surface area contributed by atoms with Crippen LogP contribution in [0.25, 0.3) is 0 Å². The fourth-order valence-corrected chi connectivity index (χ4v) is 3.45. The summed E-state index contributed by atoms with van der Waals surface area (Å²) in [5.74, 6) is 1.02. The van der Waals surface area contributed by atoms with Gasteiger partial charge in [0, 0.05) is 18.6 Å². The van der Waals surface area contributed by atoms with E-state index in [9.17, 15) is 4.79 Å². The predicted molar refractivity (Wildman–Crippen MR) is 75.8 cm³/mol. The number of hydrogen-bond donors (Lipinski definition) is 1. The number of amides is 1. The molecule has 4 nitrogen and oxygen atoms in total. The van der Waals surface area contributed by atoms with Crippen LogP contribution in [-0.2, 0) is 4.74 Å². The molecule has 0 bridgehead atoms. The summed E-state index contributed by atoms with van der Waals surface area (Å²) in [6.07, 6.45) is 4.38. The topological polar surface area (TPSA) is 55.6 Å². The number of rotatable bonds is 1. The van der Waals surface area contributed by atoms with E-state index >= 15 is 0 Å². The van der Waals surface area contributed by atoms with Crippen LogP contribution in [0.2, 0.25) is 0 Å². The summed E-state index contributed by atoms with van der Waals surface area (Å²) >= 11 is 0. The van der Waals surface area contributed by atoms with Gasteiger partial charge in [-0.1, -0.05) is 6.92 Å². The van der Waals surface area contributed by atoms with Crippen molar-refractivity contribution in [1.29, 1.82) is 0 Å². The second kappa shape index (κ2) is 4.97. The van der Waals surface area contributed by atoms with Gasteiger partial charge >= 0.3 is 6.09 Å². The first-order chi connectivity index (χ1) is 8.71. The van der Waals surface area contributed by atoms with Crippen LogP contribution in [0, 0.1) is 11.8 Å². The van der Waals surface area contributed by atoms with Gasteiger partial charge in [0.1, 0.15) is 5.60 Å². The summed E-state index contributed by atoms with van der Waals surface area (Å²) in [4.78, 5) is 13.9. The Bertz CT molecular complexity index is 345.